The summed E-state index contributed by atoms with van der Waals surface area (Å²) in [6, 6.07) is 3.13. The minimum atomic E-state index is -1.12. The van der Waals surface area contributed by atoms with Crippen LogP contribution in [0.2, 0.25) is 0 Å². The van der Waals surface area contributed by atoms with Crippen molar-refractivity contribution in [2.45, 2.75) is 18.9 Å². The third-order valence-electron chi connectivity index (χ3n) is 4.24. The summed E-state index contributed by atoms with van der Waals surface area (Å²) in [5, 5.41) is 6.43. The first-order valence-corrected chi connectivity index (χ1v) is 8.42. The lowest BCUT2D eigenvalue weighted by Crippen LogP contribution is -2.51. The van der Waals surface area contributed by atoms with E-state index in [1.165, 1.54) is 21.9 Å². The molecule has 2 aromatic rings. The number of likely N-dealkylation sites (tertiary alicyclic amines) is 1. The molecule has 1 aromatic heterocycles. The lowest BCUT2D eigenvalue weighted by atomic mass is 10.1. The van der Waals surface area contributed by atoms with Crippen LogP contribution < -0.4 is 5.32 Å². The molecule has 0 radical (unpaired) electrons. The first-order chi connectivity index (χ1) is 12.9. The average Bonchev–Trinajstić information content (AvgIpc) is 3.13. The molecule has 144 valence electrons. The van der Waals surface area contributed by atoms with Crippen LogP contribution in [0.1, 0.15) is 23.5 Å². The van der Waals surface area contributed by atoms with Crippen molar-refractivity contribution in [2.24, 2.45) is 0 Å². The Kier molecular flexibility index (Phi) is 5.33. The number of hydrogen-bond donors (Lipinski definition) is 1. The van der Waals surface area contributed by atoms with Gasteiger partial charge in [0.15, 0.2) is 11.6 Å². The van der Waals surface area contributed by atoms with Gasteiger partial charge in [0.2, 0.25) is 0 Å². The van der Waals surface area contributed by atoms with Crippen molar-refractivity contribution >= 4 is 11.9 Å². The predicted octanol–water partition coefficient (Wildman–Crippen LogP) is 1.89. The Bertz CT molecular complexity index is 855. The van der Waals surface area contributed by atoms with Gasteiger partial charge in [-0.1, -0.05) is 11.2 Å². The molecular formula is C17H19F2N5O3. The molecule has 1 fully saturated rings. The number of carbonyl (C=O) groups is 2. The fourth-order valence-corrected chi connectivity index (χ4v) is 2.81. The van der Waals surface area contributed by atoms with Gasteiger partial charge in [0.1, 0.15) is 0 Å². The van der Waals surface area contributed by atoms with Gasteiger partial charge in [-0.05, 0) is 25.0 Å². The Morgan fingerprint density at radius 1 is 1.33 bits per heavy atom. The molecule has 2 heterocycles. The zero-order chi connectivity index (χ0) is 19.6. The second-order valence-electron chi connectivity index (χ2n) is 6.46. The quantitative estimate of drug-likeness (QED) is 0.879. The van der Waals surface area contributed by atoms with E-state index in [2.05, 4.69) is 15.5 Å². The lowest BCUT2D eigenvalue weighted by Gasteiger charge is -2.33. The van der Waals surface area contributed by atoms with Crippen molar-refractivity contribution in [1.29, 1.82) is 0 Å². The highest BCUT2D eigenvalue weighted by atomic mass is 19.2. The SMILES string of the molecule is CN(C)C(=O)NC1CCCN(C(=O)c2noc(-c3cccc(F)c3F)n2)C1. The van der Waals surface area contributed by atoms with Crippen LogP contribution >= 0.6 is 0 Å². The van der Waals surface area contributed by atoms with Crippen LogP contribution in [-0.4, -0.2) is 65.1 Å². The van der Waals surface area contributed by atoms with E-state index in [0.717, 1.165) is 12.5 Å². The van der Waals surface area contributed by atoms with Crippen molar-refractivity contribution in [1.82, 2.24) is 25.3 Å². The number of urea groups is 1. The van der Waals surface area contributed by atoms with Crippen molar-refractivity contribution in [3.8, 4) is 11.5 Å². The maximum atomic E-state index is 13.8. The van der Waals surface area contributed by atoms with Crippen LogP contribution in [0.4, 0.5) is 13.6 Å². The predicted molar refractivity (Wildman–Crippen MR) is 90.8 cm³/mol. The summed E-state index contributed by atoms with van der Waals surface area (Å²) in [5.74, 6) is -3.18. The number of nitrogens with zero attached hydrogens (tertiary/aromatic N) is 4. The number of halogens is 2. The summed E-state index contributed by atoms with van der Waals surface area (Å²) in [7, 11) is 3.26. The molecule has 27 heavy (non-hydrogen) atoms. The van der Waals surface area contributed by atoms with E-state index in [1.54, 1.807) is 14.1 Å². The summed E-state index contributed by atoms with van der Waals surface area (Å²) >= 11 is 0. The summed E-state index contributed by atoms with van der Waals surface area (Å²) < 4.78 is 32.1. The van der Waals surface area contributed by atoms with Gasteiger partial charge >= 0.3 is 6.03 Å². The van der Waals surface area contributed by atoms with Gasteiger partial charge in [-0.15, -0.1) is 0 Å². The zero-order valence-corrected chi connectivity index (χ0v) is 14.9. The van der Waals surface area contributed by atoms with Crippen LogP contribution in [0.25, 0.3) is 11.5 Å². The molecule has 0 bridgehead atoms. The summed E-state index contributed by atoms with van der Waals surface area (Å²) in [6.45, 7) is 0.780. The Hall–Kier alpha value is -3.04. The molecule has 3 rings (SSSR count). The topological polar surface area (TPSA) is 91.6 Å². The van der Waals surface area contributed by atoms with E-state index in [1.807, 2.05) is 0 Å². The fraction of sp³-hybridized carbons (Fsp3) is 0.412. The number of benzene rings is 1. The van der Waals surface area contributed by atoms with Gasteiger partial charge < -0.3 is 19.6 Å². The Balaban J connectivity index is 1.72. The molecule has 0 saturated carbocycles. The van der Waals surface area contributed by atoms with Gasteiger partial charge in [-0.3, -0.25) is 4.79 Å². The number of carbonyl (C=O) groups excluding carboxylic acids is 2. The molecule has 1 saturated heterocycles. The van der Waals surface area contributed by atoms with Crippen molar-refractivity contribution in [3.05, 3.63) is 35.7 Å². The third-order valence-corrected chi connectivity index (χ3v) is 4.24. The number of nitrogens with one attached hydrogen (secondary N) is 1. The molecule has 3 amide bonds. The van der Waals surface area contributed by atoms with Crippen molar-refractivity contribution in [3.63, 3.8) is 0 Å². The molecular weight excluding hydrogens is 360 g/mol. The van der Waals surface area contributed by atoms with Crippen LogP contribution in [0.3, 0.4) is 0 Å². The van der Waals surface area contributed by atoms with E-state index >= 15 is 0 Å². The van der Waals surface area contributed by atoms with E-state index in [-0.39, 0.29) is 29.4 Å². The first kappa shape index (κ1) is 18.7. The smallest absolute Gasteiger partial charge is 0.317 e. The summed E-state index contributed by atoms with van der Waals surface area (Å²) in [4.78, 5) is 31.2. The third kappa shape index (κ3) is 4.04. The highest BCUT2D eigenvalue weighted by Crippen LogP contribution is 2.23. The summed E-state index contributed by atoms with van der Waals surface area (Å²) in [5.41, 5.74) is -0.212. The van der Waals surface area contributed by atoms with Gasteiger partial charge in [0.25, 0.3) is 17.6 Å². The second kappa shape index (κ2) is 7.68. The number of rotatable bonds is 3. The van der Waals surface area contributed by atoms with Crippen molar-refractivity contribution in [2.75, 3.05) is 27.2 Å². The highest BCUT2D eigenvalue weighted by Gasteiger charge is 2.29. The van der Waals surface area contributed by atoms with Gasteiger partial charge in [-0.2, -0.15) is 4.98 Å². The Morgan fingerprint density at radius 2 is 2.11 bits per heavy atom. The van der Waals surface area contributed by atoms with Crippen LogP contribution in [0.15, 0.2) is 22.7 Å². The van der Waals surface area contributed by atoms with Crippen LogP contribution in [-0.2, 0) is 0 Å². The standard InChI is InChI=1S/C17H19F2N5O3/c1-23(2)17(26)20-10-5-4-8-24(9-10)16(25)14-21-15(27-22-14)11-6-3-7-12(18)13(11)19/h3,6-7,10H,4-5,8-9H2,1-2H3,(H,20,26). The molecule has 1 aliphatic heterocycles. The van der Waals surface area contributed by atoms with E-state index in [0.29, 0.717) is 19.5 Å². The maximum absolute atomic E-state index is 13.8. The number of piperidine rings is 1. The van der Waals surface area contributed by atoms with E-state index < -0.39 is 17.5 Å². The molecule has 1 N–H and O–H groups in total. The van der Waals surface area contributed by atoms with E-state index in [4.69, 9.17) is 4.52 Å². The van der Waals surface area contributed by atoms with Crippen LogP contribution in [0.5, 0.6) is 0 Å². The second-order valence-corrected chi connectivity index (χ2v) is 6.46. The molecule has 1 aromatic carbocycles. The monoisotopic (exact) mass is 379 g/mol. The molecule has 1 atom stereocenters. The molecule has 0 aliphatic carbocycles. The zero-order valence-electron chi connectivity index (χ0n) is 14.9. The lowest BCUT2D eigenvalue weighted by molar-refractivity contribution is 0.0680. The number of hydrogen-bond acceptors (Lipinski definition) is 5. The minimum Gasteiger partial charge on any atom is -0.334 e. The van der Waals surface area contributed by atoms with Gasteiger partial charge in [0, 0.05) is 33.2 Å². The normalized spacial score (nSPS) is 16.9. The Morgan fingerprint density at radius 3 is 2.85 bits per heavy atom. The van der Waals surface area contributed by atoms with Gasteiger partial charge in [-0.25, -0.2) is 13.6 Å². The largest absolute Gasteiger partial charge is 0.334 e. The van der Waals surface area contributed by atoms with Crippen LogP contribution in [0, 0.1) is 11.6 Å². The number of aromatic nitrogens is 2. The van der Waals surface area contributed by atoms with Gasteiger partial charge in [0.05, 0.1) is 5.56 Å². The molecule has 8 nitrogen and oxygen atoms in total. The Labute approximate surface area is 154 Å². The first-order valence-electron chi connectivity index (χ1n) is 8.42. The fourth-order valence-electron chi connectivity index (χ4n) is 2.81. The van der Waals surface area contributed by atoms with E-state index in [9.17, 15) is 18.4 Å². The highest BCUT2D eigenvalue weighted by molar-refractivity contribution is 5.91. The molecule has 1 aliphatic rings. The summed E-state index contributed by atoms with van der Waals surface area (Å²) in [6.07, 6.45) is 1.45. The number of amides is 3. The van der Waals surface area contributed by atoms with Crippen molar-refractivity contribution < 1.29 is 22.9 Å². The minimum absolute atomic E-state index is 0.190. The molecule has 1 unspecified atom stereocenters. The maximum Gasteiger partial charge on any atom is 0.317 e. The average molecular weight is 379 g/mol. The molecule has 0 spiro atoms. The molecule has 10 heteroatoms.